The van der Waals surface area contributed by atoms with Gasteiger partial charge in [0.1, 0.15) is 6.04 Å². The zero-order valence-corrected chi connectivity index (χ0v) is 20.1. The Labute approximate surface area is 189 Å². The lowest BCUT2D eigenvalue weighted by Gasteiger charge is -2.36. The number of hydrogen-bond donors (Lipinski definition) is 0. The van der Waals surface area contributed by atoms with Crippen molar-refractivity contribution < 1.29 is 13.2 Å². The Hall–Kier alpha value is -2.71. The van der Waals surface area contributed by atoms with Gasteiger partial charge in [0, 0.05) is 26.2 Å². The molecule has 1 fully saturated rings. The minimum atomic E-state index is -3.63. The number of benzene rings is 2. The van der Waals surface area contributed by atoms with Gasteiger partial charge in [0.15, 0.2) is 0 Å². The number of aromatic nitrogens is 2. The van der Waals surface area contributed by atoms with Gasteiger partial charge in [-0.25, -0.2) is 13.4 Å². The van der Waals surface area contributed by atoms with E-state index in [9.17, 15) is 13.2 Å². The van der Waals surface area contributed by atoms with E-state index >= 15 is 0 Å². The van der Waals surface area contributed by atoms with Gasteiger partial charge < -0.3 is 9.47 Å². The molecule has 170 valence electrons. The lowest BCUT2D eigenvalue weighted by atomic mass is 10.0. The minimum Gasteiger partial charge on any atom is -0.338 e. The van der Waals surface area contributed by atoms with Crippen molar-refractivity contribution in [2.75, 3.05) is 26.2 Å². The van der Waals surface area contributed by atoms with Crippen LogP contribution in [-0.4, -0.2) is 59.3 Å². The van der Waals surface area contributed by atoms with E-state index in [-0.39, 0.29) is 19.0 Å². The Balaban J connectivity index is 1.51. The van der Waals surface area contributed by atoms with Gasteiger partial charge in [0.2, 0.25) is 15.9 Å². The predicted octanol–water partition coefficient (Wildman–Crippen LogP) is 3.36. The standard InChI is InChI=1S/C24H30N4O3S/c1-16-14-17(2)19(4)23(18(16)3)32(30,31)27-12-10-26(11-13-27)24(29)20(5)28-15-25-21-8-6-7-9-22(21)28/h6-9,14-15,20H,10-13H2,1-5H3. The molecule has 0 spiro atoms. The number of imidazole rings is 1. The molecule has 1 atom stereocenters. The Bertz CT molecular complexity index is 1260. The molecule has 1 amide bonds. The van der Waals surface area contributed by atoms with Crippen LogP contribution in [-0.2, 0) is 14.8 Å². The van der Waals surface area contributed by atoms with Crippen LogP contribution in [0.5, 0.6) is 0 Å². The summed E-state index contributed by atoms with van der Waals surface area (Å²) in [5.41, 5.74) is 5.31. The lowest BCUT2D eigenvalue weighted by molar-refractivity contribution is -0.135. The number of aryl methyl sites for hydroxylation is 2. The summed E-state index contributed by atoms with van der Waals surface area (Å²) in [7, 11) is -3.63. The number of hydrogen-bond acceptors (Lipinski definition) is 4. The van der Waals surface area contributed by atoms with Crippen LogP contribution in [0.25, 0.3) is 11.0 Å². The number of carbonyl (C=O) groups excluding carboxylic acids is 1. The van der Waals surface area contributed by atoms with Gasteiger partial charge in [0.05, 0.1) is 22.3 Å². The molecule has 0 N–H and O–H groups in total. The van der Waals surface area contributed by atoms with Gasteiger partial charge in [-0.1, -0.05) is 18.2 Å². The monoisotopic (exact) mass is 454 g/mol. The highest BCUT2D eigenvalue weighted by molar-refractivity contribution is 7.89. The van der Waals surface area contributed by atoms with Crippen molar-refractivity contribution in [1.82, 2.24) is 18.8 Å². The van der Waals surface area contributed by atoms with Crippen LogP contribution < -0.4 is 0 Å². The first kappa shape index (κ1) is 22.5. The van der Waals surface area contributed by atoms with E-state index in [0.29, 0.717) is 18.0 Å². The number of para-hydroxylation sites is 2. The fraction of sp³-hybridized carbons (Fsp3) is 0.417. The van der Waals surface area contributed by atoms with Crippen molar-refractivity contribution in [2.45, 2.75) is 45.6 Å². The molecule has 0 bridgehead atoms. The number of sulfonamides is 1. The Morgan fingerprint density at radius 1 is 0.969 bits per heavy atom. The zero-order chi connectivity index (χ0) is 23.2. The number of rotatable bonds is 4. The molecule has 1 aromatic heterocycles. The zero-order valence-electron chi connectivity index (χ0n) is 19.3. The summed E-state index contributed by atoms with van der Waals surface area (Å²) < 4.78 is 30.4. The molecule has 8 heteroatoms. The van der Waals surface area contributed by atoms with E-state index in [0.717, 1.165) is 33.3 Å². The molecule has 4 rings (SSSR count). The summed E-state index contributed by atoms with van der Waals surface area (Å²) in [6.45, 7) is 10.8. The molecule has 1 saturated heterocycles. The summed E-state index contributed by atoms with van der Waals surface area (Å²) in [6, 6.07) is 9.34. The van der Waals surface area contributed by atoms with E-state index in [2.05, 4.69) is 4.98 Å². The molecule has 0 saturated carbocycles. The van der Waals surface area contributed by atoms with Gasteiger partial charge >= 0.3 is 0 Å². The van der Waals surface area contributed by atoms with E-state index in [1.165, 1.54) is 4.31 Å². The molecule has 3 aromatic rings. The largest absolute Gasteiger partial charge is 0.338 e. The SMILES string of the molecule is Cc1cc(C)c(C)c(S(=O)(=O)N2CCN(C(=O)C(C)n3cnc4ccccc43)CC2)c1C. The topological polar surface area (TPSA) is 75.5 Å². The van der Waals surface area contributed by atoms with Crippen molar-refractivity contribution in [2.24, 2.45) is 0 Å². The summed E-state index contributed by atoms with van der Waals surface area (Å²) in [4.78, 5) is 19.7. The second kappa shape index (κ2) is 8.33. The maximum Gasteiger partial charge on any atom is 0.245 e. The van der Waals surface area contributed by atoms with Gasteiger partial charge in [0.25, 0.3) is 0 Å². The van der Waals surface area contributed by atoms with Crippen LogP contribution in [0.3, 0.4) is 0 Å². The highest BCUT2D eigenvalue weighted by atomic mass is 32.2. The summed E-state index contributed by atoms with van der Waals surface area (Å²) >= 11 is 0. The quantitative estimate of drug-likeness (QED) is 0.606. The fourth-order valence-electron chi connectivity index (χ4n) is 4.52. The average Bonchev–Trinajstić information content (AvgIpc) is 3.21. The molecule has 1 aliphatic heterocycles. The van der Waals surface area contributed by atoms with Crippen LogP contribution in [0.1, 0.15) is 35.2 Å². The number of amides is 1. The van der Waals surface area contributed by atoms with Crippen molar-refractivity contribution in [3.63, 3.8) is 0 Å². The third-order valence-electron chi connectivity index (χ3n) is 6.70. The fourth-order valence-corrected chi connectivity index (χ4v) is 6.51. The second-order valence-electron chi connectivity index (χ2n) is 8.64. The maximum absolute atomic E-state index is 13.5. The van der Waals surface area contributed by atoms with Gasteiger partial charge in [-0.3, -0.25) is 4.79 Å². The van der Waals surface area contributed by atoms with Crippen LogP contribution in [0.15, 0.2) is 41.6 Å². The Morgan fingerprint density at radius 3 is 2.19 bits per heavy atom. The van der Waals surface area contributed by atoms with E-state index in [1.807, 2.05) is 69.5 Å². The summed E-state index contributed by atoms with van der Waals surface area (Å²) in [5, 5.41) is 0. The number of carbonyl (C=O) groups is 1. The van der Waals surface area contributed by atoms with Crippen molar-refractivity contribution in [1.29, 1.82) is 0 Å². The average molecular weight is 455 g/mol. The molecule has 0 aliphatic carbocycles. The first-order valence-corrected chi connectivity index (χ1v) is 12.3. The molecule has 7 nitrogen and oxygen atoms in total. The first-order valence-electron chi connectivity index (χ1n) is 10.9. The molecule has 2 aromatic carbocycles. The first-order chi connectivity index (χ1) is 15.1. The smallest absolute Gasteiger partial charge is 0.245 e. The third kappa shape index (κ3) is 3.71. The Kier molecular flexibility index (Phi) is 5.85. The van der Waals surface area contributed by atoms with Crippen LogP contribution in [0.4, 0.5) is 0 Å². The number of fused-ring (bicyclic) bond motifs is 1. The molecule has 32 heavy (non-hydrogen) atoms. The van der Waals surface area contributed by atoms with E-state index in [4.69, 9.17) is 0 Å². The van der Waals surface area contributed by atoms with Gasteiger partial charge in [-0.2, -0.15) is 4.31 Å². The lowest BCUT2D eigenvalue weighted by Crippen LogP contribution is -2.52. The number of piperazine rings is 1. The highest BCUT2D eigenvalue weighted by Crippen LogP contribution is 2.29. The normalized spacial score (nSPS) is 16.5. The van der Waals surface area contributed by atoms with Crippen LogP contribution >= 0.6 is 0 Å². The summed E-state index contributed by atoms with van der Waals surface area (Å²) in [6.07, 6.45) is 1.69. The molecule has 2 heterocycles. The van der Waals surface area contributed by atoms with Crippen molar-refractivity contribution in [3.05, 3.63) is 58.9 Å². The molecule has 1 aliphatic rings. The maximum atomic E-state index is 13.5. The van der Waals surface area contributed by atoms with E-state index < -0.39 is 16.1 Å². The van der Waals surface area contributed by atoms with E-state index in [1.54, 1.807) is 11.2 Å². The molecular formula is C24H30N4O3S. The van der Waals surface area contributed by atoms with Gasteiger partial charge in [-0.05, 0) is 69.0 Å². The van der Waals surface area contributed by atoms with Crippen LogP contribution in [0.2, 0.25) is 0 Å². The van der Waals surface area contributed by atoms with Crippen LogP contribution in [0, 0.1) is 27.7 Å². The third-order valence-corrected chi connectivity index (χ3v) is 8.87. The predicted molar refractivity (Wildman–Crippen MR) is 125 cm³/mol. The number of nitrogens with zero attached hydrogens (tertiary/aromatic N) is 4. The molecule has 1 unspecified atom stereocenters. The minimum absolute atomic E-state index is 0.0241. The van der Waals surface area contributed by atoms with Gasteiger partial charge in [-0.15, -0.1) is 0 Å². The Morgan fingerprint density at radius 2 is 1.56 bits per heavy atom. The molecule has 0 radical (unpaired) electrons. The second-order valence-corrected chi connectivity index (χ2v) is 10.5. The van der Waals surface area contributed by atoms with Crippen molar-refractivity contribution >= 4 is 27.0 Å². The van der Waals surface area contributed by atoms with Crippen molar-refractivity contribution in [3.8, 4) is 0 Å². The molecular weight excluding hydrogens is 424 g/mol. The highest BCUT2D eigenvalue weighted by Gasteiger charge is 2.34. The summed E-state index contributed by atoms with van der Waals surface area (Å²) in [5.74, 6) is -0.0241.